The van der Waals surface area contributed by atoms with Crippen molar-refractivity contribution in [1.82, 2.24) is 14.8 Å². The number of hydrogen-bond donors (Lipinski definition) is 0. The number of hydrogen-bond acceptors (Lipinski definition) is 2. The minimum Gasteiger partial charge on any atom is -0.263 e. The van der Waals surface area contributed by atoms with Crippen molar-refractivity contribution in [2.45, 2.75) is 0 Å². The Morgan fingerprint density at radius 2 is 2.23 bits per heavy atom. The zero-order chi connectivity index (χ0) is 9.26. The van der Waals surface area contributed by atoms with Gasteiger partial charge in [0.05, 0.1) is 21.4 Å². The average Bonchev–Trinajstić information content (AvgIpc) is 2.53. The minimum atomic E-state index is 0.615. The van der Waals surface area contributed by atoms with E-state index in [1.54, 1.807) is 29.5 Å². The third-order valence-corrected chi connectivity index (χ3v) is 2.36. The molecule has 5 heteroatoms. The van der Waals surface area contributed by atoms with E-state index in [-0.39, 0.29) is 0 Å². The van der Waals surface area contributed by atoms with E-state index in [1.807, 2.05) is 6.07 Å². The molecular formula is C8H5BrClN3. The van der Waals surface area contributed by atoms with Gasteiger partial charge in [0, 0.05) is 18.6 Å². The topological polar surface area (TPSA) is 30.7 Å². The molecule has 0 aliphatic heterocycles. The molecule has 0 bridgehead atoms. The van der Waals surface area contributed by atoms with Crippen LogP contribution in [0.3, 0.4) is 0 Å². The second-order valence-corrected chi connectivity index (χ2v) is 3.72. The maximum atomic E-state index is 5.75. The van der Waals surface area contributed by atoms with Crippen LogP contribution in [-0.2, 0) is 0 Å². The van der Waals surface area contributed by atoms with E-state index in [9.17, 15) is 0 Å². The summed E-state index contributed by atoms with van der Waals surface area (Å²) < 4.78 is 2.57. The summed E-state index contributed by atoms with van der Waals surface area (Å²) in [5, 5.41) is 4.69. The maximum absolute atomic E-state index is 5.75. The number of halogens is 2. The van der Waals surface area contributed by atoms with Gasteiger partial charge in [0.25, 0.3) is 0 Å². The normalized spacial score (nSPS) is 10.3. The van der Waals surface area contributed by atoms with Gasteiger partial charge in [-0.2, -0.15) is 5.10 Å². The highest BCUT2D eigenvalue weighted by Crippen LogP contribution is 2.19. The van der Waals surface area contributed by atoms with Crippen molar-refractivity contribution in [2.75, 3.05) is 0 Å². The van der Waals surface area contributed by atoms with Gasteiger partial charge in [-0.1, -0.05) is 11.6 Å². The highest BCUT2D eigenvalue weighted by atomic mass is 79.9. The lowest BCUT2D eigenvalue weighted by Gasteiger charge is -2.01. The Morgan fingerprint density at radius 3 is 2.85 bits per heavy atom. The summed E-state index contributed by atoms with van der Waals surface area (Å²) >= 11 is 9.12. The molecule has 0 saturated heterocycles. The van der Waals surface area contributed by atoms with Gasteiger partial charge < -0.3 is 0 Å². The number of rotatable bonds is 1. The van der Waals surface area contributed by atoms with Crippen molar-refractivity contribution in [3.8, 4) is 5.69 Å². The van der Waals surface area contributed by atoms with E-state index in [2.05, 4.69) is 26.0 Å². The van der Waals surface area contributed by atoms with Crippen molar-refractivity contribution < 1.29 is 0 Å². The summed E-state index contributed by atoms with van der Waals surface area (Å²) in [7, 11) is 0. The first-order valence-corrected chi connectivity index (χ1v) is 4.74. The van der Waals surface area contributed by atoms with Crippen LogP contribution in [-0.4, -0.2) is 14.8 Å². The minimum absolute atomic E-state index is 0.615. The summed E-state index contributed by atoms with van der Waals surface area (Å²) in [5.74, 6) is 0. The second kappa shape index (κ2) is 3.47. The van der Waals surface area contributed by atoms with Gasteiger partial charge in [0.1, 0.15) is 0 Å². The molecule has 0 spiro atoms. The summed E-state index contributed by atoms with van der Waals surface area (Å²) in [4.78, 5) is 3.96. The Bertz CT molecular complexity index is 427. The SMILES string of the molecule is Clc1cnn(-c2ccncc2Br)c1. The monoisotopic (exact) mass is 257 g/mol. The standard InChI is InChI=1S/C8H5BrClN3/c9-7-4-11-2-1-8(7)13-5-6(10)3-12-13/h1-5H. The molecule has 0 N–H and O–H groups in total. The molecule has 0 aliphatic rings. The van der Waals surface area contributed by atoms with Crippen LogP contribution in [0.1, 0.15) is 0 Å². The third-order valence-electron chi connectivity index (χ3n) is 1.55. The molecule has 0 unspecified atom stereocenters. The Labute approximate surface area is 88.5 Å². The van der Waals surface area contributed by atoms with Crippen LogP contribution in [0.25, 0.3) is 5.69 Å². The van der Waals surface area contributed by atoms with Gasteiger partial charge in [0.15, 0.2) is 0 Å². The first-order chi connectivity index (χ1) is 6.27. The van der Waals surface area contributed by atoms with E-state index < -0.39 is 0 Å². The lowest BCUT2D eigenvalue weighted by atomic mass is 10.4. The molecule has 0 radical (unpaired) electrons. The Balaban J connectivity index is 2.52. The van der Waals surface area contributed by atoms with Crippen LogP contribution in [0.4, 0.5) is 0 Å². The number of nitrogens with zero attached hydrogens (tertiary/aromatic N) is 3. The molecule has 2 heterocycles. The molecule has 0 aliphatic carbocycles. The Morgan fingerprint density at radius 1 is 1.38 bits per heavy atom. The third kappa shape index (κ3) is 1.73. The molecule has 0 amide bonds. The summed E-state index contributed by atoms with van der Waals surface area (Å²) in [5.41, 5.74) is 0.918. The lowest BCUT2D eigenvalue weighted by molar-refractivity contribution is 0.873. The molecular weight excluding hydrogens is 253 g/mol. The van der Waals surface area contributed by atoms with Crippen LogP contribution in [0.15, 0.2) is 35.3 Å². The largest absolute Gasteiger partial charge is 0.263 e. The second-order valence-electron chi connectivity index (χ2n) is 2.43. The highest BCUT2D eigenvalue weighted by molar-refractivity contribution is 9.10. The van der Waals surface area contributed by atoms with Gasteiger partial charge in [-0.15, -0.1) is 0 Å². The fourth-order valence-corrected chi connectivity index (χ4v) is 1.55. The van der Waals surface area contributed by atoms with E-state index in [1.165, 1.54) is 0 Å². The fourth-order valence-electron chi connectivity index (χ4n) is 0.986. The summed E-state index contributed by atoms with van der Waals surface area (Å²) in [6.07, 6.45) is 6.75. The molecule has 0 atom stereocenters. The van der Waals surface area contributed by atoms with E-state index in [4.69, 9.17) is 11.6 Å². The van der Waals surface area contributed by atoms with Crippen LogP contribution >= 0.6 is 27.5 Å². The molecule has 0 fully saturated rings. The van der Waals surface area contributed by atoms with Crippen LogP contribution in [0.5, 0.6) is 0 Å². The molecule has 3 nitrogen and oxygen atoms in total. The Kier molecular flexibility index (Phi) is 2.33. The molecule has 2 aromatic rings. The average molecular weight is 259 g/mol. The van der Waals surface area contributed by atoms with Gasteiger partial charge in [-0.3, -0.25) is 4.98 Å². The van der Waals surface area contributed by atoms with Gasteiger partial charge in [-0.05, 0) is 22.0 Å². The number of aromatic nitrogens is 3. The first-order valence-electron chi connectivity index (χ1n) is 3.57. The van der Waals surface area contributed by atoms with Crippen LogP contribution in [0, 0.1) is 0 Å². The molecule has 66 valence electrons. The van der Waals surface area contributed by atoms with Gasteiger partial charge in [-0.25, -0.2) is 4.68 Å². The van der Waals surface area contributed by atoms with Crippen molar-refractivity contribution in [2.24, 2.45) is 0 Å². The fraction of sp³-hybridized carbons (Fsp3) is 0. The summed E-state index contributed by atoms with van der Waals surface area (Å²) in [6, 6.07) is 1.85. The first kappa shape index (κ1) is 8.72. The quantitative estimate of drug-likeness (QED) is 0.787. The maximum Gasteiger partial charge on any atom is 0.0819 e. The molecule has 2 aromatic heterocycles. The number of pyridine rings is 1. The summed E-state index contributed by atoms with van der Waals surface area (Å²) in [6.45, 7) is 0. The molecule has 0 saturated carbocycles. The molecule has 13 heavy (non-hydrogen) atoms. The predicted molar refractivity (Wildman–Crippen MR) is 54.1 cm³/mol. The highest BCUT2D eigenvalue weighted by Gasteiger charge is 2.02. The van der Waals surface area contributed by atoms with Crippen molar-refractivity contribution in [3.63, 3.8) is 0 Å². The smallest absolute Gasteiger partial charge is 0.0819 e. The van der Waals surface area contributed by atoms with Crippen LogP contribution in [0.2, 0.25) is 5.02 Å². The van der Waals surface area contributed by atoms with Crippen molar-refractivity contribution in [1.29, 1.82) is 0 Å². The van der Waals surface area contributed by atoms with Gasteiger partial charge >= 0.3 is 0 Å². The van der Waals surface area contributed by atoms with E-state index in [0.29, 0.717) is 5.02 Å². The predicted octanol–water partition coefficient (Wildman–Crippen LogP) is 2.68. The van der Waals surface area contributed by atoms with Gasteiger partial charge in [0.2, 0.25) is 0 Å². The lowest BCUT2D eigenvalue weighted by Crippen LogP contribution is -1.95. The Hall–Kier alpha value is -0.870. The molecule has 0 aromatic carbocycles. The zero-order valence-electron chi connectivity index (χ0n) is 6.48. The van der Waals surface area contributed by atoms with E-state index >= 15 is 0 Å². The molecule has 2 rings (SSSR count). The van der Waals surface area contributed by atoms with E-state index in [0.717, 1.165) is 10.2 Å². The van der Waals surface area contributed by atoms with Crippen molar-refractivity contribution >= 4 is 27.5 Å². The van der Waals surface area contributed by atoms with Crippen molar-refractivity contribution in [3.05, 3.63) is 40.3 Å². The zero-order valence-corrected chi connectivity index (χ0v) is 8.83. The van der Waals surface area contributed by atoms with Crippen LogP contribution < -0.4 is 0 Å².